The van der Waals surface area contributed by atoms with Gasteiger partial charge in [0.15, 0.2) is 23.0 Å². The van der Waals surface area contributed by atoms with E-state index in [4.69, 9.17) is 0 Å². The number of alkyl halides is 1. The molecule has 0 heterocycles. The van der Waals surface area contributed by atoms with Crippen LogP contribution >= 0.6 is 0 Å². The third kappa shape index (κ3) is 2.01. The molecule has 0 bridgehead atoms. The summed E-state index contributed by atoms with van der Waals surface area (Å²) in [6.07, 6.45) is 4.56. The van der Waals surface area contributed by atoms with Crippen LogP contribution in [0.5, 0.6) is 0 Å². The maximum Gasteiger partial charge on any atom is 0.190 e. The summed E-state index contributed by atoms with van der Waals surface area (Å²) in [5.41, 5.74) is -6.09. The number of halogens is 1. The molecule has 0 aromatic carbocycles. The highest BCUT2D eigenvalue weighted by Gasteiger charge is 2.76. The molecule has 0 saturated heterocycles. The van der Waals surface area contributed by atoms with Gasteiger partial charge in [0, 0.05) is 29.6 Å². The molecule has 154 valence electrons. The molecule has 5 unspecified atom stereocenters. The number of hydrogen-bond donors (Lipinski definition) is 2. The third-order valence-corrected chi connectivity index (χ3v) is 9.03. The standard InChI is InChI=1S/C22H29FO5/c1-12-8-16-15-5-4-13-9-14(25)6-7-19(13,2)21(15,23)17(26)10-20(16,3)22(12,28)18(27)11-24/h6-7,12-13,15-16,24,28H,4-5,8-11H2,1-3H3/t12-,13?,15?,16?,19?,20?,21+,22+/m1/s1. The molecule has 0 aliphatic heterocycles. The van der Waals surface area contributed by atoms with Crippen LogP contribution in [-0.2, 0) is 14.4 Å². The van der Waals surface area contributed by atoms with Gasteiger partial charge in [0.25, 0.3) is 0 Å². The molecular formula is C22H29FO5. The summed E-state index contributed by atoms with van der Waals surface area (Å²) in [6.45, 7) is 4.40. The lowest BCUT2D eigenvalue weighted by Gasteiger charge is -2.61. The Hall–Kier alpha value is -1.40. The average molecular weight is 392 g/mol. The molecule has 8 atom stereocenters. The first-order valence-corrected chi connectivity index (χ1v) is 10.3. The highest BCUT2D eigenvalue weighted by Crippen LogP contribution is 2.70. The van der Waals surface area contributed by atoms with Gasteiger partial charge in [0.05, 0.1) is 0 Å². The van der Waals surface area contributed by atoms with Crippen molar-refractivity contribution in [3.8, 4) is 0 Å². The van der Waals surface area contributed by atoms with Crippen molar-refractivity contribution in [1.82, 2.24) is 0 Å². The van der Waals surface area contributed by atoms with Gasteiger partial charge >= 0.3 is 0 Å². The maximum absolute atomic E-state index is 16.8. The summed E-state index contributed by atoms with van der Waals surface area (Å²) in [6, 6.07) is 0. The van der Waals surface area contributed by atoms with Crippen molar-refractivity contribution in [1.29, 1.82) is 0 Å². The van der Waals surface area contributed by atoms with E-state index in [1.807, 2.05) is 0 Å². The predicted octanol–water partition coefficient (Wildman–Crippen LogP) is 2.18. The first-order chi connectivity index (χ1) is 13.0. The number of fused-ring (bicyclic) bond motifs is 5. The van der Waals surface area contributed by atoms with E-state index in [0.29, 0.717) is 19.3 Å². The lowest BCUT2D eigenvalue weighted by Crippen LogP contribution is -2.69. The molecule has 0 aromatic heterocycles. The van der Waals surface area contributed by atoms with Gasteiger partial charge < -0.3 is 10.2 Å². The Morgan fingerprint density at radius 1 is 1.25 bits per heavy atom. The fourth-order valence-corrected chi connectivity index (χ4v) is 7.42. The van der Waals surface area contributed by atoms with E-state index in [1.54, 1.807) is 26.8 Å². The van der Waals surface area contributed by atoms with Crippen LogP contribution in [0.2, 0.25) is 0 Å². The molecule has 4 rings (SSSR count). The molecule has 0 amide bonds. The van der Waals surface area contributed by atoms with Crippen molar-refractivity contribution >= 4 is 17.3 Å². The first kappa shape index (κ1) is 19.9. The van der Waals surface area contributed by atoms with Gasteiger partial charge in [0.2, 0.25) is 0 Å². The summed E-state index contributed by atoms with van der Waals surface area (Å²) in [5, 5.41) is 20.8. The fraction of sp³-hybridized carbons (Fsp3) is 0.773. The number of carbonyl (C=O) groups excluding carboxylic acids is 3. The number of aliphatic hydroxyl groups excluding tert-OH is 1. The average Bonchev–Trinajstić information content (AvgIpc) is 2.84. The van der Waals surface area contributed by atoms with Crippen molar-refractivity contribution in [2.24, 2.45) is 34.5 Å². The molecular weight excluding hydrogens is 363 g/mol. The molecule has 3 saturated carbocycles. The Bertz CT molecular complexity index is 792. The maximum atomic E-state index is 16.8. The number of hydrogen-bond acceptors (Lipinski definition) is 5. The van der Waals surface area contributed by atoms with Crippen LogP contribution in [0.15, 0.2) is 12.2 Å². The molecule has 2 N–H and O–H groups in total. The lowest BCUT2D eigenvalue weighted by molar-refractivity contribution is -0.198. The Morgan fingerprint density at radius 3 is 2.57 bits per heavy atom. The van der Waals surface area contributed by atoms with Gasteiger partial charge in [-0.3, -0.25) is 14.4 Å². The summed E-state index contributed by atoms with van der Waals surface area (Å²) < 4.78 is 16.8. The second-order valence-electron chi connectivity index (χ2n) is 9.99. The lowest BCUT2D eigenvalue weighted by atomic mass is 9.43. The van der Waals surface area contributed by atoms with Crippen molar-refractivity contribution in [2.75, 3.05) is 6.61 Å². The quantitative estimate of drug-likeness (QED) is 0.752. The van der Waals surface area contributed by atoms with Crippen LogP contribution < -0.4 is 0 Å². The van der Waals surface area contributed by atoms with Crippen LogP contribution in [0.1, 0.15) is 52.9 Å². The van der Waals surface area contributed by atoms with E-state index in [2.05, 4.69) is 0 Å². The third-order valence-electron chi connectivity index (χ3n) is 9.03. The number of rotatable bonds is 2. The van der Waals surface area contributed by atoms with E-state index in [9.17, 15) is 24.6 Å². The molecule has 28 heavy (non-hydrogen) atoms. The minimum absolute atomic E-state index is 0.0324. The Balaban J connectivity index is 1.84. The van der Waals surface area contributed by atoms with Gasteiger partial charge in [-0.25, -0.2) is 4.39 Å². The number of carbonyl (C=O) groups is 3. The zero-order valence-electron chi connectivity index (χ0n) is 16.7. The van der Waals surface area contributed by atoms with Gasteiger partial charge in [-0.05, 0) is 43.1 Å². The van der Waals surface area contributed by atoms with E-state index in [0.717, 1.165) is 0 Å². The second-order valence-corrected chi connectivity index (χ2v) is 9.99. The highest BCUT2D eigenvalue weighted by atomic mass is 19.1. The van der Waals surface area contributed by atoms with Gasteiger partial charge in [-0.15, -0.1) is 0 Å². The van der Waals surface area contributed by atoms with Gasteiger partial charge in [0.1, 0.15) is 12.2 Å². The van der Waals surface area contributed by atoms with Gasteiger partial charge in [-0.1, -0.05) is 26.8 Å². The summed E-state index contributed by atoms with van der Waals surface area (Å²) in [5.74, 6) is -2.93. The predicted molar refractivity (Wildman–Crippen MR) is 99.0 cm³/mol. The molecule has 0 radical (unpaired) electrons. The number of Topliss-reactive ketones (excluding diaryl/α,β-unsaturated/α-hetero) is 2. The van der Waals surface area contributed by atoms with Crippen LogP contribution in [0.3, 0.4) is 0 Å². The van der Waals surface area contributed by atoms with Crippen LogP contribution in [0.25, 0.3) is 0 Å². The van der Waals surface area contributed by atoms with Crippen molar-refractivity contribution in [3.05, 3.63) is 12.2 Å². The monoisotopic (exact) mass is 392 g/mol. The molecule has 0 aromatic rings. The molecule has 3 fully saturated rings. The summed E-state index contributed by atoms with van der Waals surface area (Å²) in [7, 11) is 0. The Kier molecular flexibility index (Phi) is 4.13. The topological polar surface area (TPSA) is 91.7 Å². The van der Waals surface area contributed by atoms with E-state index in [-0.39, 0.29) is 30.5 Å². The zero-order valence-corrected chi connectivity index (χ0v) is 16.7. The number of aliphatic hydroxyl groups is 2. The second kappa shape index (κ2) is 5.82. The van der Waals surface area contributed by atoms with Gasteiger partial charge in [-0.2, -0.15) is 0 Å². The van der Waals surface area contributed by atoms with Crippen LogP contribution in [0.4, 0.5) is 4.39 Å². The molecule has 4 aliphatic carbocycles. The Labute approximate surface area is 164 Å². The van der Waals surface area contributed by atoms with Crippen molar-refractivity contribution in [3.63, 3.8) is 0 Å². The SMILES string of the molecule is C[C@@H]1CC2C3CCC4CC(=O)C=CC4(C)[C@@]3(F)C(=O)CC2(C)[C@@]1(O)C(=O)CO. The minimum atomic E-state index is -2.11. The van der Waals surface area contributed by atoms with Crippen molar-refractivity contribution in [2.45, 2.75) is 64.1 Å². The normalized spacial score (nSPS) is 52.8. The summed E-state index contributed by atoms with van der Waals surface area (Å²) in [4.78, 5) is 37.8. The van der Waals surface area contributed by atoms with Crippen LogP contribution in [-0.4, -0.2) is 45.4 Å². The molecule has 4 aliphatic rings. The summed E-state index contributed by atoms with van der Waals surface area (Å²) >= 11 is 0. The van der Waals surface area contributed by atoms with Crippen LogP contribution in [0, 0.1) is 34.5 Å². The minimum Gasteiger partial charge on any atom is -0.388 e. The van der Waals surface area contributed by atoms with Crippen molar-refractivity contribution < 1.29 is 29.0 Å². The highest BCUT2D eigenvalue weighted by molar-refractivity contribution is 5.96. The fourth-order valence-electron chi connectivity index (χ4n) is 7.42. The Morgan fingerprint density at radius 2 is 1.93 bits per heavy atom. The molecule has 6 heteroatoms. The van der Waals surface area contributed by atoms with E-state index in [1.165, 1.54) is 6.08 Å². The molecule has 5 nitrogen and oxygen atoms in total. The van der Waals surface area contributed by atoms with E-state index < -0.39 is 52.1 Å². The largest absolute Gasteiger partial charge is 0.388 e. The number of allylic oxidation sites excluding steroid dienone is 2. The molecule has 0 spiro atoms. The zero-order chi connectivity index (χ0) is 20.7. The number of ketones is 3. The smallest absolute Gasteiger partial charge is 0.190 e. The first-order valence-electron chi connectivity index (χ1n) is 10.3. The van der Waals surface area contributed by atoms with E-state index >= 15 is 4.39 Å².